The Kier molecular flexibility index (Phi) is 4.56. The van der Waals surface area contributed by atoms with Crippen LogP contribution < -0.4 is 10.1 Å². The molecule has 24 heavy (non-hydrogen) atoms. The zero-order chi connectivity index (χ0) is 17.2. The van der Waals surface area contributed by atoms with Crippen LogP contribution in [0.5, 0.6) is 5.75 Å². The van der Waals surface area contributed by atoms with E-state index in [-0.39, 0.29) is 5.82 Å². The molecule has 1 atom stereocenters. The predicted molar refractivity (Wildman–Crippen MR) is 96.6 cm³/mol. The average molecular weight is 326 g/mol. The summed E-state index contributed by atoms with van der Waals surface area (Å²) in [5, 5.41) is 3.31. The molecule has 0 radical (unpaired) electrons. The highest BCUT2D eigenvalue weighted by atomic mass is 19.1. The number of aliphatic imine (C=N–C) groups is 1. The SMILES string of the molecule is CCCC1(C)N=C(c2ccc(F)cc2)c2ccc(NCC)cc2O1. The standard InChI is InChI=1S/C20H23FN2O/c1-4-12-20(3)23-19(14-6-8-15(21)9-7-14)17-11-10-16(22-5-2)13-18(17)24-20/h6-11,13,22H,4-5,12H2,1-3H3. The Morgan fingerprint density at radius 2 is 1.88 bits per heavy atom. The van der Waals surface area contributed by atoms with Crippen molar-refractivity contribution in [2.45, 2.75) is 39.3 Å². The fourth-order valence-corrected chi connectivity index (χ4v) is 3.07. The maximum atomic E-state index is 13.3. The van der Waals surface area contributed by atoms with Gasteiger partial charge in [0.1, 0.15) is 11.6 Å². The summed E-state index contributed by atoms with van der Waals surface area (Å²) in [6, 6.07) is 12.5. The lowest BCUT2D eigenvalue weighted by molar-refractivity contribution is 0.0840. The minimum atomic E-state index is -0.601. The summed E-state index contributed by atoms with van der Waals surface area (Å²) in [6.45, 7) is 7.03. The summed E-state index contributed by atoms with van der Waals surface area (Å²) in [4.78, 5) is 4.87. The number of anilines is 1. The molecule has 0 saturated carbocycles. The van der Waals surface area contributed by atoms with Crippen LogP contribution in [0.25, 0.3) is 0 Å². The zero-order valence-electron chi connectivity index (χ0n) is 14.4. The van der Waals surface area contributed by atoms with E-state index >= 15 is 0 Å². The van der Waals surface area contributed by atoms with Gasteiger partial charge < -0.3 is 10.1 Å². The smallest absolute Gasteiger partial charge is 0.198 e. The molecule has 1 N–H and O–H groups in total. The Bertz CT molecular complexity index is 755. The largest absolute Gasteiger partial charge is 0.466 e. The molecule has 0 saturated heterocycles. The third-order valence-corrected chi connectivity index (χ3v) is 4.13. The highest BCUT2D eigenvalue weighted by Crippen LogP contribution is 2.36. The monoisotopic (exact) mass is 326 g/mol. The molecule has 4 heteroatoms. The molecule has 0 aliphatic carbocycles. The van der Waals surface area contributed by atoms with Gasteiger partial charge in [0.05, 0.1) is 5.71 Å². The van der Waals surface area contributed by atoms with Gasteiger partial charge in [-0.3, -0.25) is 0 Å². The van der Waals surface area contributed by atoms with Crippen molar-refractivity contribution in [1.82, 2.24) is 0 Å². The molecule has 2 aromatic rings. The lowest BCUT2D eigenvalue weighted by Gasteiger charge is -2.33. The van der Waals surface area contributed by atoms with Crippen LogP contribution in [0.1, 0.15) is 44.7 Å². The topological polar surface area (TPSA) is 33.6 Å². The van der Waals surface area contributed by atoms with Crippen molar-refractivity contribution >= 4 is 11.4 Å². The number of hydrogen-bond acceptors (Lipinski definition) is 3. The first kappa shape index (κ1) is 16.5. The summed E-state index contributed by atoms with van der Waals surface area (Å²) in [6.07, 6.45) is 1.79. The van der Waals surface area contributed by atoms with Gasteiger partial charge in [-0.05, 0) is 50.2 Å². The van der Waals surface area contributed by atoms with Gasteiger partial charge in [0.2, 0.25) is 0 Å². The van der Waals surface area contributed by atoms with Gasteiger partial charge in [0.15, 0.2) is 5.72 Å². The maximum Gasteiger partial charge on any atom is 0.198 e. The lowest BCUT2D eigenvalue weighted by atomic mass is 9.97. The Morgan fingerprint density at radius 3 is 2.54 bits per heavy atom. The van der Waals surface area contributed by atoms with Crippen molar-refractivity contribution in [2.24, 2.45) is 4.99 Å². The minimum absolute atomic E-state index is 0.245. The Hall–Kier alpha value is -2.36. The lowest BCUT2D eigenvalue weighted by Crippen LogP contribution is -2.35. The van der Waals surface area contributed by atoms with Crippen LogP contribution in [0.2, 0.25) is 0 Å². The number of benzene rings is 2. The van der Waals surface area contributed by atoms with E-state index in [1.54, 1.807) is 12.1 Å². The van der Waals surface area contributed by atoms with E-state index in [0.29, 0.717) is 0 Å². The Morgan fingerprint density at radius 1 is 1.12 bits per heavy atom. The number of nitrogens with one attached hydrogen (secondary N) is 1. The van der Waals surface area contributed by atoms with E-state index < -0.39 is 5.72 Å². The van der Waals surface area contributed by atoms with Gasteiger partial charge in [0, 0.05) is 35.8 Å². The fourth-order valence-electron chi connectivity index (χ4n) is 3.07. The number of rotatable bonds is 5. The van der Waals surface area contributed by atoms with Gasteiger partial charge in [-0.1, -0.05) is 13.3 Å². The van der Waals surface area contributed by atoms with Crippen molar-refractivity contribution in [3.8, 4) is 5.75 Å². The number of halogens is 1. The Balaban J connectivity index is 2.10. The average Bonchev–Trinajstić information content (AvgIpc) is 2.55. The first-order valence-corrected chi connectivity index (χ1v) is 8.48. The van der Waals surface area contributed by atoms with Gasteiger partial charge >= 0.3 is 0 Å². The molecule has 0 bridgehead atoms. The molecule has 1 unspecified atom stereocenters. The minimum Gasteiger partial charge on any atom is -0.466 e. The number of fused-ring (bicyclic) bond motifs is 1. The second-order valence-corrected chi connectivity index (χ2v) is 6.24. The first-order valence-electron chi connectivity index (χ1n) is 8.48. The maximum absolute atomic E-state index is 13.3. The fraction of sp³-hybridized carbons (Fsp3) is 0.350. The van der Waals surface area contributed by atoms with Gasteiger partial charge in [0.25, 0.3) is 0 Å². The zero-order valence-corrected chi connectivity index (χ0v) is 14.4. The molecule has 1 aliphatic heterocycles. The molecule has 3 rings (SSSR count). The Labute approximate surface area is 142 Å². The van der Waals surface area contributed by atoms with E-state index in [1.165, 1.54) is 12.1 Å². The first-order chi connectivity index (χ1) is 11.5. The summed E-state index contributed by atoms with van der Waals surface area (Å²) >= 11 is 0. The van der Waals surface area contributed by atoms with Crippen LogP contribution in [0.15, 0.2) is 47.5 Å². The van der Waals surface area contributed by atoms with Crippen LogP contribution in [0.4, 0.5) is 10.1 Å². The van der Waals surface area contributed by atoms with Gasteiger partial charge in [-0.15, -0.1) is 0 Å². The molecular formula is C20H23FN2O. The molecule has 0 fully saturated rings. The molecule has 1 aliphatic rings. The van der Waals surface area contributed by atoms with Crippen LogP contribution in [0, 0.1) is 5.82 Å². The summed E-state index contributed by atoms with van der Waals surface area (Å²) in [5.74, 6) is 0.573. The number of nitrogens with zero attached hydrogens (tertiary/aromatic N) is 1. The molecular weight excluding hydrogens is 303 g/mol. The third kappa shape index (κ3) is 3.28. The normalized spacial score (nSPS) is 19.2. The van der Waals surface area contributed by atoms with Crippen LogP contribution in [-0.2, 0) is 0 Å². The molecule has 0 aromatic heterocycles. The van der Waals surface area contributed by atoms with Crippen LogP contribution in [0.3, 0.4) is 0 Å². The summed E-state index contributed by atoms with van der Waals surface area (Å²) in [5.41, 5.74) is 3.12. The van der Waals surface area contributed by atoms with Crippen molar-refractivity contribution < 1.29 is 9.13 Å². The number of ether oxygens (including phenoxy) is 1. The van der Waals surface area contributed by atoms with Crippen molar-refractivity contribution in [3.63, 3.8) is 0 Å². The van der Waals surface area contributed by atoms with E-state index in [9.17, 15) is 4.39 Å². The summed E-state index contributed by atoms with van der Waals surface area (Å²) < 4.78 is 19.5. The quantitative estimate of drug-likeness (QED) is 0.838. The third-order valence-electron chi connectivity index (χ3n) is 4.13. The summed E-state index contributed by atoms with van der Waals surface area (Å²) in [7, 11) is 0. The van der Waals surface area contributed by atoms with E-state index in [0.717, 1.165) is 47.7 Å². The van der Waals surface area contributed by atoms with E-state index in [4.69, 9.17) is 9.73 Å². The van der Waals surface area contributed by atoms with Crippen molar-refractivity contribution in [1.29, 1.82) is 0 Å². The molecule has 126 valence electrons. The molecule has 0 amide bonds. The van der Waals surface area contributed by atoms with Crippen molar-refractivity contribution in [3.05, 3.63) is 59.4 Å². The molecule has 3 nitrogen and oxygen atoms in total. The van der Waals surface area contributed by atoms with Gasteiger partial charge in [-0.25, -0.2) is 9.38 Å². The van der Waals surface area contributed by atoms with E-state index in [2.05, 4.69) is 19.2 Å². The second kappa shape index (κ2) is 6.63. The van der Waals surface area contributed by atoms with E-state index in [1.807, 2.05) is 25.1 Å². The highest BCUT2D eigenvalue weighted by molar-refractivity contribution is 6.15. The van der Waals surface area contributed by atoms with Gasteiger partial charge in [-0.2, -0.15) is 0 Å². The second-order valence-electron chi connectivity index (χ2n) is 6.24. The van der Waals surface area contributed by atoms with Crippen molar-refractivity contribution in [2.75, 3.05) is 11.9 Å². The van der Waals surface area contributed by atoms with Crippen LogP contribution in [-0.4, -0.2) is 18.0 Å². The predicted octanol–water partition coefficient (Wildman–Crippen LogP) is 5.00. The molecule has 0 spiro atoms. The highest BCUT2D eigenvalue weighted by Gasteiger charge is 2.32. The molecule has 2 aromatic carbocycles. The molecule has 1 heterocycles. The van der Waals surface area contributed by atoms with Crippen LogP contribution >= 0.6 is 0 Å². The number of hydrogen-bond donors (Lipinski definition) is 1.